The molecule has 0 radical (unpaired) electrons. The van der Waals surface area contributed by atoms with Crippen LogP contribution in [0.15, 0.2) is 0 Å². The lowest BCUT2D eigenvalue weighted by molar-refractivity contribution is 0.0255. The Bertz CT molecular complexity index is 417. The second-order valence-corrected chi connectivity index (χ2v) is 8.33. The van der Waals surface area contributed by atoms with Crippen LogP contribution >= 0.6 is 0 Å². The van der Waals surface area contributed by atoms with Crippen molar-refractivity contribution in [3.8, 4) is 0 Å². The molecule has 3 atom stereocenters. The highest BCUT2D eigenvalue weighted by atomic mass is 16.6. The Morgan fingerprint density at radius 1 is 1.13 bits per heavy atom. The van der Waals surface area contributed by atoms with Crippen LogP contribution in [0.5, 0.6) is 0 Å². The summed E-state index contributed by atoms with van der Waals surface area (Å²) in [6.45, 7) is 8.26. The zero-order valence-electron chi connectivity index (χ0n) is 14.8. The van der Waals surface area contributed by atoms with Crippen LogP contribution in [0.2, 0.25) is 0 Å². The fraction of sp³-hybridized carbons (Fsp3) is 0.944. The molecule has 5 nitrogen and oxygen atoms in total. The summed E-state index contributed by atoms with van der Waals surface area (Å²) < 4.78 is 11.4. The molecule has 3 aliphatic rings. The van der Waals surface area contributed by atoms with Gasteiger partial charge in [-0.15, -0.1) is 0 Å². The first-order valence-corrected chi connectivity index (χ1v) is 9.28. The third kappa shape index (κ3) is 4.83. The average molecular weight is 324 g/mol. The quantitative estimate of drug-likeness (QED) is 0.867. The Kier molecular flexibility index (Phi) is 5.16. The van der Waals surface area contributed by atoms with Crippen LogP contribution in [-0.2, 0) is 9.47 Å². The Balaban J connectivity index is 1.47. The molecule has 3 fully saturated rings. The number of likely N-dealkylation sites (tertiary alicyclic amines) is 1. The molecule has 132 valence electrons. The van der Waals surface area contributed by atoms with E-state index >= 15 is 0 Å². The molecule has 0 aromatic rings. The van der Waals surface area contributed by atoms with Gasteiger partial charge in [-0.25, -0.2) is 4.79 Å². The average Bonchev–Trinajstić information content (AvgIpc) is 3.23. The molecule has 3 unspecified atom stereocenters. The Hall–Kier alpha value is -0.810. The van der Waals surface area contributed by atoms with E-state index < -0.39 is 5.60 Å². The molecule has 5 heteroatoms. The fourth-order valence-electron chi connectivity index (χ4n) is 3.75. The van der Waals surface area contributed by atoms with Gasteiger partial charge in [-0.3, -0.25) is 0 Å². The summed E-state index contributed by atoms with van der Waals surface area (Å²) in [5.41, 5.74) is -0.417. The number of hydrogen-bond donors (Lipinski definition) is 1. The van der Waals surface area contributed by atoms with Crippen molar-refractivity contribution in [2.24, 2.45) is 5.92 Å². The van der Waals surface area contributed by atoms with E-state index in [0.29, 0.717) is 18.2 Å². The van der Waals surface area contributed by atoms with Crippen LogP contribution < -0.4 is 5.32 Å². The Morgan fingerprint density at radius 2 is 1.91 bits per heavy atom. The zero-order valence-corrected chi connectivity index (χ0v) is 14.8. The van der Waals surface area contributed by atoms with Gasteiger partial charge in [0.05, 0.1) is 6.10 Å². The van der Waals surface area contributed by atoms with Crippen molar-refractivity contribution in [1.29, 1.82) is 0 Å². The van der Waals surface area contributed by atoms with E-state index in [1.54, 1.807) is 0 Å². The molecule has 2 heterocycles. The highest BCUT2D eigenvalue weighted by molar-refractivity contribution is 5.68. The van der Waals surface area contributed by atoms with Crippen molar-refractivity contribution in [1.82, 2.24) is 10.2 Å². The number of nitrogens with zero attached hydrogens (tertiary/aromatic N) is 1. The molecule has 0 aromatic heterocycles. The maximum Gasteiger partial charge on any atom is 0.410 e. The molecule has 3 rings (SSSR count). The standard InChI is InChI=1S/C18H32N2O3/c1-18(2,3)23-17(21)20-10-4-5-14(8-11-20)19-15-9-12-22-16(15)13-6-7-13/h13-16,19H,4-12H2,1-3H3. The van der Waals surface area contributed by atoms with Gasteiger partial charge in [0, 0.05) is 31.8 Å². The molecule has 0 aromatic carbocycles. The molecular weight excluding hydrogens is 292 g/mol. The smallest absolute Gasteiger partial charge is 0.410 e. The van der Waals surface area contributed by atoms with Crippen LogP contribution in [0.3, 0.4) is 0 Å². The Labute approximate surface area is 140 Å². The molecule has 2 aliphatic heterocycles. The lowest BCUT2D eigenvalue weighted by atomic mass is 10.0. The summed E-state index contributed by atoms with van der Waals surface area (Å²) in [5.74, 6) is 0.791. The van der Waals surface area contributed by atoms with Crippen LogP contribution in [0.25, 0.3) is 0 Å². The number of carbonyl (C=O) groups is 1. The number of amides is 1. The number of ether oxygens (including phenoxy) is 2. The molecule has 2 saturated heterocycles. The van der Waals surface area contributed by atoms with Gasteiger partial charge in [-0.1, -0.05) is 0 Å². The minimum Gasteiger partial charge on any atom is -0.444 e. The van der Waals surface area contributed by atoms with E-state index in [2.05, 4.69) is 5.32 Å². The van der Waals surface area contributed by atoms with Crippen molar-refractivity contribution < 1.29 is 14.3 Å². The highest BCUT2D eigenvalue weighted by Crippen LogP contribution is 2.39. The van der Waals surface area contributed by atoms with Crippen molar-refractivity contribution in [3.63, 3.8) is 0 Å². The lowest BCUT2D eigenvalue weighted by Gasteiger charge is -2.27. The summed E-state index contributed by atoms with van der Waals surface area (Å²) in [6.07, 6.45) is 7.24. The molecular formula is C18H32N2O3. The highest BCUT2D eigenvalue weighted by Gasteiger charge is 2.41. The van der Waals surface area contributed by atoms with Gasteiger partial charge in [-0.05, 0) is 65.2 Å². The topological polar surface area (TPSA) is 50.8 Å². The molecule has 1 saturated carbocycles. The van der Waals surface area contributed by atoms with Gasteiger partial charge < -0.3 is 19.7 Å². The first-order chi connectivity index (χ1) is 10.9. The summed E-state index contributed by atoms with van der Waals surface area (Å²) >= 11 is 0. The van der Waals surface area contributed by atoms with E-state index in [-0.39, 0.29) is 6.09 Å². The van der Waals surface area contributed by atoms with E-state index in [9.17, 15) is 4.79 Å². The first kappa shape index (κ1) is 17.0. The summed E-state index contributed by atoms with van der Waals surface area (Å²) in [4.78, 5) is 14.1. The van der Waals surface area contributed by atoms with Crippen LogP contribution in [0.4, 0.5) is 4.79 Å². The lowest BCUT2D eigenvalue weighted by Crippen LogP contribution is -2.44. The Morgan fingerprint density at radius 3 is 2.61 bits per heavy atom. The van der Waals surface area contributed by atoms with Crippen molar-refractivity contribution in [2.75, 3.05) is 19.7 Å². The predicted molar refractivity (Wildman–Crippen MR) is 89.5 cm³/mol. The summed E-state index contributed by atoms with van der Waals surface area (Å²) in [6, 6.07) is 1.01. The molecule has 23 heavy (non-hydrogen) atoms. The molecule has 1 N–H and O–H groups in total. The second kappa shape index (κ2) is 6.98. The molecule has 0 bridgehead atoms. The van der Waals surface area contributed by atoms with Crippen LogP contribution in [0.1, 0.15) is 59.3 Å². The monoisotopic (exact) mass is 324 g/mol. The van der Waals surface area contributed by atoms with Gasteiger partial charge >= 0.3 is 6.09 Å². The van der Waals surface area contributed by atoms with E-state index in [1.165, 1.54) is 12.8 Å². The number of rotatable bonds is 3. The number of carbonyl (C=O) groups excluding carboxylic acids is 1. The molecule has 1 aliphatic carbocycles. The van der Waals surface area contributed by atoms with Crippen molar-refractivity contribution >= 4 is 6.09 Å². The SMILES string of the molecule is CC(C)(C)OC(=O)N1CCCC(NC2CCOC2C2CC2)CC1. The summed E-state index contributed by atoms with van der Waals surface area (Å²) in [7, 11) is 0. The fourth-order valence-corrected chi connectivity index (χ4v) is 3.75. The minimum atomic E-state index is -0.417. The summed E-state index contributed by atoms with van der Waals surface area (Å²) in [5, 5.41) is 3.83. The number of hydrogen-bond acceptors (Lipinski definition) is 4. The van der Waals surface area contributed by atoms with Gasteiger partial charge in [0.15, 0.2) is 0 Å². The predicted octanol–water partition coefficient (Wildman–Crippen LogP) is 2.93. The van der Waals surface area contributed by atoms with E-state index in [0.717, 1.165) is 51.3 Å². The minimum absolute atomic E-state index is 0.168. The van der Waals surface area contributed by atoms with Crippen molar-refractivity contribution in [2.45, 2.75) is 83.1 Å². The van der Waals surface area contributed by atoms with E-state index in [1.807, 2.05) is 25.7 Å². The van der Waals surface area contributed by atoms with Gasteiger partial charge in [0.25, 0.3) is 0 Å². The van der Waals surface area contributed by atoms with Crippen LogP contribution in [0, 0.1) is 5.92 Å². The van der Waals surface area contributed by atoms with Gasteiger partial charge in [0.1, 0.15) is 5.60 Å². The second-order valence-electron chi connectivity index (χ2n) is 8.33. The van der Waals surface area contributed by atoms with Gasteiger partial charge in [-0.2, -0.15) is 0 Å². The maximum atomic E-state index is 12.2. The van der Waals surface area contributed by atoms with Gasteiger partial charge in [0.2, 0.25) is 0 Å². The normalized spacial score (nSPS) is 32.7. The number of nitrogens with one attached hydrogen (secondary N) is 1. The van der Waals surface area contributed by atoms with Crippen LogP contribution in [-0.4, -0.2) is 54.5 Å². The van der Waals surface area contributed by atoms with Crippen molar-refractivity contribution in [3.05, 3.63) is 0 Å². The largest absolute Gasteiger partial charge is 0.444 e. The van der Waals surface area contributed by atoms with E-state index in [4.69, 9.17) is 9.47 Å². The zero-order chi connectivity index (χ0) is 16.4. The third-order valence-corrected chi connectivity index (χ3v) is 5.05. The first-order valence-electron chi connectivity index (χ1n) is 9.28. The maximum absolute atomic E-state index is 12.2. The molecule has 0 spiro atoms. The molecule has 1 amide bonds. The third-order valence-electron chi connectivity index (χ3n) is 5.05.